The average Bonchev–Trinajstić information content (AvgIpc) is 3.35. The van der Waals surface area contributed by atoms with Crippen molar-refractivity contribution in [3.63, 3.8) is 0 Å². The quantitative estimate of drug-likeness (QED) is 0.503. The van der Waals surface area contributed by atoms with Gasteiger partial charge < -0.3 is 10.1 Å². The Bertz CT molecular complexity index is 1340. The third kappa shape index (κ3) is 5.82. The van der Waals surface area contributed by atoms with Gasteiger partial charge in [-0.3, -0.25) is 9.89 Å². The number of alkyl halides is 3. The van der Waals surface area contributed by atoms with E-state index in [1.807, 2.05) is 31.3 Å². The van der Waals surface area contributed by atoms with E-state index < -0.39 is 12.1 Å². The number of hydrogen-bond donors (Lipinski definition) is 1. The number of fused-ring (bicyclic) bond motifs is 1. The van der Waals surface area contributed by atoms with E-state index in [-0.39, 0.29) is 19.3 Å². The molecule has 2 unspecified atom stereocenters. The number of anilines is 1. The highest BCUT2D eigenvalue weighted by atomic mass is 19.3. The molecule has 0 bridgehead atoms. The lowest BCUT2D eigenvalue weighted by atomic mass is 9.89. The average molecular weight is 545 g/mol. The Morgan fingerprint density at radius 1 is 1.26 bits per heavy atom. The van der Waals surface area contributed by atoms with Gasteiger partial charge in [-0.15, -0.1) is 5.10 Å². The van der Waals surface area contributed by atoms with Gasteiger partial charge in [0.1, 0.15) is 5.67 Å². The fraction of sp³-hybridized carbons (Fsp3) is 0.552. The lowest BCUT2D eigenvalue weighted by Gasteiger charge is -2.51. The number of piperidine rings is 1. The van der Waals surface area contributed by atoms with Crippen molar-refractivity contribution in [3.8, 4) is 0 Å². The van der Waals surface area contributed by atoms with Gasteiger partial charge in [0.25, 0.3) is 0 Å². The van der Waals surface area contributed by atoms with Gasteiger partial charge in [0, 0.05) is 44.8 Å². The van der Waals surface area contributed by atoms with Crippen LogP contribution < -0.4 is 5.32 Å². The van der Waals surface area contributed by atoms with Gasteiger partial charge in [0.05, 0.1) is 36.2 Å². The molecule has 0 radical (unpaired) electrons. The van der Waals surface area contributed by atoms with Gasteiger partial charge in [0.2, 0.25) is 12.4 Å². The van der Waals surface area contributed by atoms with Crippen molar-refractivity contribution < 1.29 is 19.3 Å². The molecule has 3 aliphatic heterocycles. The van der Waals surface area contributed by atoms with Crippen LogP contribution in [0.25, 0.3) is 11.1 Å². The summed E-state index contributed by atoms with van der Waals surface area (Å²) in [4.78, 5) is 11.0. The van der Waals surface area contributed by atoms with Gasteiger partial charge in [-0.25, -0.2) is 22.7 Å². The minimum Gasteiger partial charge on any atom is -0.377 e. The van der Waals surface area contributed by atoms with Crippen molar-refractivity contribution in [1.82, 2.24) is 19.5 Å². The van der Waals surface area contributed by atoms with Crippen molar-refractivity contribution >= 4 is 22.7 Å². The maximum absolute atomic E-state index is 13.7. The van der Waals surface area contributed by atoms with E-state index in [1.165, 1.54) is 0 Å². The van der Waals surface area contributed by atoms with Gasteiger partial charge >= 0.3 is 0 Å². The summed E-state index contributed by atoms with van der Waals surface area (Å²) >= 11 is 0. The first-order chi connectivity index (χ1) is 18.6. The Balaban J connectivity index is 0.000000223. The molecule has 10 heteroatoms. The zero-order valence-corrected chi connectivity index (χ0v) is 23.1. The fourth-order valence-corrected chi connectivity index (χ4v) is 5.80. The number of allylic oxidation sites excluding steroid dienone is 5. The van der Waals surface area contributed by atoms with Crippen molar-refractivity contribution in [2.24, 2.45) is 10.9 Å². The van der Waals surface area contributed by atoms with Gasteiger partial charge in [-0.2, -0.15) is 0 Å². The largest absolute Gasteiger partial charge is 0.377 e. The van der Waals surface area contributed by atoms with Crippen LogP contribution in [0.15, 0.2) is 53.0 Å². The Labute approximate surface area is 229 Å². The molecule has 7 nitrogen and oxygen atoms in total. The zero-order valence-electron chi connectivity index (χ0n) is 23.1. The smallest absolute Gasteiger partial charge is 0.240 e. The first-order valence-electron chi connectivity index (χ1n) is 13.6. The number of nitrogens with one attached hydrogen (secondary N) is 1. The molecule has 212 valence electrons. The SMILES string of the molecule is CC1(F)CCCN(C2(C)COC2)C1.CNc1ncc2c(C3=CCC4=C(C=C3)N=C(C)C4CC(F)F)ccn2n1.[HH]. The molecule has 2 atom stereocenters. The van der Waals surface area contributed by atoms with Crippen LogP contribution in [0.3, 0.4) is 0 Å². The molecule has 2 fully saturated rings. The van der Waals surface area contributed by atoms with Gasteiger partial charge in [0.15, 0.2) is 0 Å². The molecule has 0 amide bonds. The molecule has 2 aromatic heterocycles. The molecule has 6 rings (SSSR count). The van der Waals surface area contributed by atoms with E-state index in [9.17, 15) is 13.2 Å². The van der Waals surface area contributed by atoms with E-state index in [2.05, 4.69) is 38.3 Å². The van der Waals surface area contributed by atoms with Crippen LogP contribution in [0.1, 0.15) is 53.4 Å². The number of halogens is 3. The number of likely N-dealkylation sites (tertiary alicyclic amines) is 1. The molecular weight excluding hydrogens is 505 g/mol. The van der Waals surface area contributed by atoms with E-state index in [0.717, 1.165) is 59.8 Å². The van der Waals surface area contributed by atoms with E-state index in [4.69, 9.17) is 4.74 Å². The summed E-state index contributed by atoms with van der Waals surface area (Å²) in [5, 5.41) is 7.29. The van der Waals surface area contributed by atoms with Crippen LogP contribution in [-0.4, -0.2) is 76.2 Å². The number of nitrogens with zero attached hydrogens (tertiary/aromatic N) is 5. The highest BCUT2D eigenvalue weighted by molar-refractivity contribution is 5.92. The predicted molar refractivity (Wildman–Crippen MR) is 150 cm³/mol. The lowest BCUT2D eigenvalue weighted by molar-refractivity contribution is -0.149. The minimum atomic E-state index is -2.33. The van der Waals surface area contributed by atoms with Crippen molar-refractivity contribution in [2.75, 3.05) is 38.7 Å². The summed E-state index contributed by atoms with van der Waals surface area (Å²) in [7, 11) is 1.77. The summed E-state index contributed by atoms with van der Waals surface area (Å²) in [5.41, 5.74) is 4.63. The third-order valence-corrected chi connectivity index (χ3v) is 8.11. The molecule has 0 spiro atoms. The second kappa shape index (κ2) is 10.9. The predicted octanol–water partition coefficient (Wildman–Crippen LogP) is 5.96. The molecule has 5 heterocycles. The summed E-state index contributed by atoms with van der Waals surface area (Å²) < 4.78 is 46.5. The fourth-order valence-electron chi connectivity index (χ4n) is 5.80. The molecule has 2 saturated heterocycles. The van der Waals surface area contributed by atoms with Crippen molar-refractivity contribution in [1.29, 1.82) is 0 Å². The van der Waals surface area contributed by atoms with Crippen molar-refractivity contribution in [3.05, 3.63) is 53.5 Å². The van der Waals surface area contributed by atoms with Crippen LogP contribution in [0.2, 0.25) is 0 Å². The number of rotatable bonds is 5. The summed E-state index contributed by atoms with van der Waals surface area (Å²) in [6, 6.07) is 1.99. The molecule has 0 saturated carbocycles. The summed E-state index contributed by atoms with van der Waals surface area (Å²) in [6.45, 7) is 8.84. The van der Waals surface area contributed by atoms with E-state index in [0.29, 0.717) is 25.3 Å². The standard InChI is InChI=1S/C19H19F2N5.C10H18FNO.H2/c1-11-15(9-18(20)21)14-5-3-12(4-6-16(14)24-11)13-7-8-26-17(13)10-23-19(22-2)25-26;1-9(11)4-3-5-12(6-9)10(2)7-13-8-10;/h3-4,6-8,10,15,18H,5,9H2,1-2H3,(H,22,25);3-8H2,1-2H3;1H. The number of aromatic nitrogens is 3. The maximum Gasteiger partial charge on any atom is 0.240 e. The summed E-state index contributed by atoms with van der Waals surface area (Å²) in [6.07, 6.45) is 9.45. The third-order valence-electron chi connectivity index (χ3n) is 8.11. The molecule has 1 N–H and O–H groups in total. The maximum atomic E-state index is 13.7. The Morgan fingerprint density at radius 2 is 2.05 bits per heavy atom. The van der Waals surface area contributed by atoms with Crippen molar-refractivity contribution in [2.45, 2.75) is 64.1 Å². The monoisotopic (exact) mass is 544 g/mol. The molecule has 39 heavy (non-hydrogen) atoms. The minimum absolute atomic E-state index is 0. The molecule has 4 aliphatic rings. The van der Waals surface area contributed by atoms with Crippen LogP contribution in [0.4, 0.5) is 19.1 Å². The highest BCUT2D eigenvalue weighted by Crippen LogP contribution is 2.37. The van der Waals surface area contributed by atoms with Crippen LogP contribution in [-0.2, 0) is 4.74 Å². The number of ether oxygens (including phenoxy) is 1. The Hall–Kier alpha value is -2.98. The van der Waals surface area contributed by atoms with E-state index >= 15 is 0 Å². The molecular formula is C29H39F3N6O. The normalized spacial score (nSPS) is 26.4. The topological polar surface area (TPSA) is 67.0 Å². The highest BCUT2D eigenvalue weighted by Gasteiger charge is 2.44. The molecule has 0 aromatic carbocycles. The van der Waals surface area contributed by atoms with Crippen LogP contribution >= 0.6 is 0 Å². The molecule has 1 aliphatic carbocycles. The summed E-state index contributed by atoms with van der Waals surface area (Å²) in [5.74, 6) is 0.280. The number of aliphatic imine (C=N–C) groups is 1. The Kier molecular flexibility index (Phi) is 7.70. The first kappa shape index (κ1) is 27.6. The first-order valence-corrected chi connectivity index (χ1v) is 13.6. The van der Waals surface area contributed by atoms with Gasteiger partial charge in [-0.1, -0.05) is 12.2 Å². The molecule has 2 aromatic rings. The number of hydrogen-bond acceptors (Lipinski definition) is 6. The Morgan fingerprint density at radius 3 is 2.72 bits per heavy atom. The van der Waals surface area contributed by atoms with Crippen LogP contribution in [0, 0.1) is 5.92 Å². The lowest BCUT2D eigenvalue weighted by Crippen LogP contribution is -2.64. The second-order valence-corrected chi connectivity index (χ2v) is 11.4. The van der Waals surface area contributed by atoms with Crippen LogP contribution in [0.5, 0.6) is 0 Å². The van der Waals surface area contributed by atoms with E-state index in [1.54, 1.807) is 24.7 Å². The zero-order chi connectivity index (χ0) is 27.8. The second-order valence-electron chi connectivity index (χ2n) is 11.4. The van der Waals surface area contributed by atoms with Gasteiger partial charge in [-0.05, 0) is 69.9 Å².